The molecule has 1 saturated carbocycles. The number of fused-ring (bicyclic) bond motifs is 1. The highest BCUT2D eigenvalue weighted by Crippen LogP contribution is 2.34. The molecule has 2 aromatic carbocycles. The predicted molar refractivity (Wildman–Crippen MR) is 172 cm³/mol. The molecule has 4 aromatic rings. The van der Waals surface area contributed by atoms with Crippen LogP contribution in [0.3, 0.4) is 0 Å². The standard InChI is InChI=1S/C31H33FN6O4.C2H6/c1-17-10-13-23(22(32)15-17)34-27-25-26(18(2)29(40)36(27)4)37(31(42)38(30(25)41)20-11-12-20)21-8-5-7-19(16-21)33-28(39)24-9-6-14-35(24)3;1-2/h5,7-8,10,13,15-16,20,24,34H,6,9,11-12,14H2,1-4H3,(H,33,39);1-2H3. The van der Waals surface area contributed by atoms with Crippen LogP contribution in [-0.2, 0) is 11.8 Å². The summed E-state index contributed by atoms with van der Waals surface area (Å²) in [5, 5.41) is 6.03. The number of likely N-dealkylation sites (N-methyl/N-ethyl adjacent to an activating group) is 1. The molecule has 3 heterocycles. The largest absolute Gasteiger partial charge is 0.338 e. The number of carbonyl (C=O) groups excluding carboxylic acids is 1. The third-order valence-corrected chi connectivity index (χ3v) is 8.33. The second-order valence-electron chi connectivity index (χ2n) is 11.4. The number of nitrogens with one attached hydrogen (secondary N) is 2. The van der Waals surface area contributed by atoms with Crippen molar-refractivity contribution in [2.45, 2.75) is 65.5 Å². The van der Waals surface area contributed by atoms with Crippen LogP contribution in [0, 0.1) is 19.7 Å². The molecule has 1 aliphatic carbocycles. The number of anilines is 3. The first-order valence-corrected chi connectivity index (χ1v) is 15.1. The van der Waals surface area contributed by atoms with Gasteiger partial charge in [0.2, 0.25) is 5.91 Å². The second-order valence-corrected chi connectivity index (χ2v) is 11.4. The smallest absolute Gasteiger partial charge is 0.336 e. The number of aryl methyl sites for hydroxylation is 2. The number of hydrogen-bond donors (Lipinski definition) is 2. The number of rotatable bonds is 6. The first kappa shape index (κ1) is 30.9. The highest BCUT2D eigenvalue weighted by molar-refractivity contribution is 5.96. The SMILES string of the molecule is CC.Cc1ccc(Nc2c3c(=O)n(C4CC4)c(=O)n(-c4cccc(NC(=O)C5CCCN5C)c4)c3c(C)c(=O)n2C)c(F)c1. The summed E-state index contributed by atoms with van der Waals surface area (Å²) in [5.41, 5.74) is 0.469. The number of likely N-dealkylation sites (tertiary alicyclic amines) is 1. The van der Waals surface area contributed by atoms with Crippen molar-refractivity contribution in [2.75, 3.05) is 24.2 Å². The summed E-state index contributed by atoms with van der Waals surface area (Å²) in [6.45, 7) is 8.18. The topological polar surface area (TPSA) is 110 Å². The Morgan fingerprint density at radius 3 is 2.32 bits per heavy atom. The van der Waals surface area contributed by atoms with Gasteiger partial charge in [-0.05, 0) is 89.0 Å². The van der Waals surface area contributed by atoms with Gasteiger partial charge in [-0.2, -0.15) is 0 Å². The lowest BCUT2D eigenvalue weighted by atomic mass is 10.1. The van der Waals surface area contributed by atoms with Gasteiger partial charge < -0.3 is 10.6 Å². The van der Waals surface area contributed by atoms with Gasteiger partial charge in [-0.25, -0.2) is 9.18 Å². The summed E-state index contributed by atoms with van der Waals surface area (Å²) in [6, 6.07) is 10.9. The number of nitrogens with zero attached hydrogens (tertiary/aromatic N) is 4. The fourth-order valence-corrected chi connectivity index (χ4v) is 5.89. The first-order chi connectivity index (χ1) is 21.1. The molecule has 11 heteroatoms. The van der Waals surface area contributed by atoms with Crippen molar-refractivity contribution < 1.29 is 9.18 Å². The summed E-state index contributed by atoms with van der Waals surface area (Å²) in [6.07, 6.45) is 3.05. The Kier molecular flexibility index (Phi) is 8.60. The number of aromatic nitrogens is 3. The number of carbonyl (C=O) groups is 1. The Balaban J connectivity index is 0.00000188. The van der Waals surface area contributed by atoms with E-state index >= 15 is 0 Å². The Morgan fingerprint density at radius 2 is 1.68 bits per heavy atom. The van der Waals surface area contributed by atoms with Crippen LogP contribution < -0.4 is 27.4 Å². The van der Waals surface area contributed by atoms with E-state index < -0.39 is 22.6 Å². The molecule has 10 nitrogen and oxygen atoms in total. The lowest BCUT2D eigenvalue weighted by Gasteiger charge is -2.21. The maximum atomic E-state index is 14.9. The summed E-state index contributed by atoms with van der Waals surface area (Å²) < 4.78 is 18.8. The number of benzene rings is 2. The molecule has 1 unspecified atom stereocenters. The molecular formula is C33H39FN6O4. The van der Waals surface area contributed by atoms with E-state index in [1.807, 2.05) is 25.8 Å². The van der Waals surface area contributed by atoms with Gasteiger partial charge in [0.05, 0.1) is 22.9 Å². The molecule has 1 saturated heterocycles. The highest BCUT2D eigenvalue weighted by Gasteiger charge is 2.32. The number of amides is 1. The van der Waals surface area contributed by atoms with Gasteiger partial charge in [-0.1, -0.05) is 26.0 Å². The van der Waals surface area contributed by atoms with E-state index in [-0.39, 0.29) is 46.0 Å². The second kappa shape index (κ2) is 12.2. The maximum absolute atomic E-state index is 14.9. The van der Waals surface area contributed by atoms with E-state index in [0.29, 0.717) is 24.2 Å². The molecule has 2 aliphatic rings. The Morgan fingerprint density at radius 1 is 0.955 bits per heavy atom. The van der Waals surface area contributed by atoms with Gasteiger partial charge in [-0.3, -0.25) is 33.0 Å². The fraction of sp³-hybridized carbons (Fsp3) is 0.394. The highest BCUT2D eigenvalue weighted by atomic mass is 19.1. The van der Waals surface area contributed by atoms with Crippen molar-refractivity contribution in [3.8, 4) is 5.69 Å². The molecule has 232 valence electrons. The quantitative estimate of drug-likeness (QED) is 0.330. The van der Waals surface area contributed by atoms with Crippen LogP contribution in [0.2, 0.25) is 0 Å². The molecule has 0 bridgehead atoms. The monoisotopic (exact) mass is 602 g/mol. The molecule has 44 heavy (non-hydrogen) atoms. The fourth-order valence-electron chi connectivity index (χ4n) is 5.89. The zero-order chi connectivity index (χ0) is 31.9. The minimum absolute atomic E-state index is 0.0882. The number of halogens is 1. The lowest BCUT2D eigenvalue weighted by Crippen LogP contribution is -2.41. The van der Waals surface area contributed by atoms with Crippen molar-refractivity contribution >= 4 is 34.0 Å². The molecular weight excluding hydrogens is 563 g/mol. The van der Waals surface area contributed by atoms with Crippen molar-refractivity contribution in [3.05, 3.63) is 90.6 Å². The summed E-state index contributed by atoms with van der Waals surface area (Å²) in [5.74, 6) is -0.586. The van der Waals surface area contributed by atoms with E-state index in [2.05, 4.69) is 10.6 Å². The molecule has 2 fully saturated rings. The van der Waals surface area contributed by atoms with Gasteiger partial charge >= 0.3 is 5.69 Å². The molecule has 1 aliphatic heterocycles. The average Bonchev–Trinajstić information content (AvgIpc) is 3.74. The molecule has 0 spiro atoms. The molecule has 1 atom stereocenters. The van der Waals surface area contributed by atoms with Crippen LogP contribution in [-0.4, -0.2) is 44.1 Å². The van der Waals surface area contributed by atoms with Gasteiger partial charge in [0, 0.05) is 24.3 Å². The van der Waals surface area contributed by atoms with Crippen molar-refractivity contribution in [1.29, 1.82) is 0 Å². The number of pyridine rings is 1. The summed E-state index contributed by atoms with van der Waals surface area (Å²) in [4.78, 5) is 56.5. The van der Waals surface area contributed by atoms with Gasteiger partial charge in [0.15, 0.2) is 0 Å². The lowest BCUT2D eigenvalue weighted by molar-refractivity contribution is -0.119. The van der Waals surface area contributed by atoms with Crippen LogP contribution >= 0.6 is 0 Å². The van der Waals surface area contributed by atoms with Crippen molar-refractivity contribution in [1.82, 2.24) is 18.6 Å². The Hall–Kier alpha value is -4.51. The predicted octanol–water partition coefficient (Wildman–Crippen LogP) is 4.74. The van der Waals surface area contributed by atoms with E-state index in [0.717, 1.165) is 24.9 Å². The third kappa shape index (κ3) is 5.47. The molecule has 6 rings (SSSR count). The van der Waals surface area contributed by atoms with Crippen LogP contribution in [0.15, 0.2) is 56.8 Å². The van der Waals surface area contributed by atoms with Gasteiger partial charge in [0.25, 0.3) is 11.1 Å². The molecule has 0 radical (unpaired) electrons. The zero-order valence-electron chi connectivity index (χ0n) is 26.0. The molecule has 2 aromatic heterocycles. The minimum atomic E-state index is -0.571. The third-order valence-electron chi connectivity index (χ3n) is 8.33. The van der Waals surface area contributed by atoms with E-state index in [9.17, 15) is 23.6 Å². The van der Waals surface area contributed by atoms with E-state index in [4.69, 9.17) is 0 Å². The summed E-state index contributed by atoms with van der Waals surface area (Å²) >= 11 is 0. The van der Waals surface area contributed by atoms with Crippen LogP contribution in [0.1, 0.15) is 56.7 Å². The van der Waals surface area contributed by atoms with Crippen molar-refractivity contribution in [3.63, 3.8) is 0 Å². The van der Waals surface area contributed by atoms with E-state index in [1.54, 1.807) is 50.2 Å². The summed E-state index contributed by atoms with van der Waals surface area (Å²) in [7, 11) is 3.42. The first-order valence-electron chi connectivity index (χ1n) is 15.1. The normalized spacial score (nSPS) is 16.5. The molecule has 1 amide bonds. The number of hydrogen-bond acceptors (Lipinski definition) is 6. The van der Waals surface area contributed by atoms with Crippen LogP contribution in [0.4, 0.5) is 21.6 Å². The molecule has 2 N–H and O–H groups in total. The van der Waals surface area contributed by atoms with Crippen LogP contribution in [0.5, 0.6) is 0 Å². The zero-order valence-corrected chi connectivity index (χ0v) is 26.0. The maximum Gasteiger partial charge on any atom is 0.336 e. The van der Waals surface area contributed by atoms with Crippen molar-refractivity contribution in [2.24, 2.45) is 7.05 Å². The van der Waals surface area contributed by atoms with Crippen LogP contribution in [0.25, 0.3) is 16.6 Å². The van der Waals surface area contributed by atoms with Gasteiger partial charge in [-0.15, -0.1) is 0 Å². The van der Waals surface area contributed by atoms with E-state index in [1.165, 1.54) is 26.8 Å². The Labute approximate surface area is 254 Å². The van der Waals surface area contributed by atoms with Gasteiger partial charge in [0.1, 0.15) is 17.0 Å². The Bertz CT molecular complexity index is 1940. The minimum Gasteiger partial charge on any atom is -0.338 e. The average molecular weight is 603 g/mol.